The number of nitrogens with zero attached hydrogens (tertiary/aromatic N) is 1. The van der Waals surface area contributed by atoms with E-state index >= 15 is 0 Å². The fourth-order valence-corrected chi connectivity index (χ4v) is 4.33. The highest BCUT2D eigenvalue weighted by atomic mass is 32.1. The Bertz CT molecular complexity index is 696. The summed E-state index contributed by atoms with van der Waals surface area (Å²) in [7, 11) is 1.68. The maximum absolute atomic E-state index is 12.9. The second-order valence-corrected chi connectivity index (χ2v) is 7.45. The maximum atomic E-state index is 12.9. The highest BCUT2D eigenvalue weighted by molar-refractivity contribution is 7.10. The number of carbonyl (C=O) groups excluding carboxylic acids is 1. The third-order valence-electron chi connectivity index (χ3n) is 4.80. The third kappa shape index (κ3) is 4.05. The van der Waals surface area contributed by atoms with Crippen molar-refractivity contribution in [1.29, 1.82) is 0 Å². The van der Waals surface area contributed by atoms with Crippen LogP contribution in [0.3, 0.4) is 0 Å². The average molecular weight is 360 g/mol. The smallest absolute Gasteiger partial charge is 0.278 e. The first-order chi connectivity index (χ1) is 12.2. The predicted octanol–water partition coefficient (Wildman–Crippen LogP) is 2.59. The van der Waals surface area contributed by atoms with Crippen molar-refractivity contribution in [2.45, 2.75) is 32.2 Å². The van der Waals surface area contributed by atoms with Crippen molar-refractivity contribution in [3.05, 3.63) is 51.7 Å². The molecule has 1 aliphatic rings. The second kappa shape index (κ2) is 8.50. The van der Waals surface area contributed by atoms with Gasteiger partial charge in [-0.2, -0.15) is 0 Å². The van der Waals surface area contributed by atoms with Crippen molar-refractivity contribution in [2.24, 2.45) is 0 Å². The van der Waals surface area contributed by atoms with Crippen LogP contribution in [-0.4, -0.2) is 37.6 Å². The number of nitrogens with two attached hydrogens (primary N) is 1. The number of quaternary nitrogens is 1. The van der Waals surface area contributed by atoms with Gasteiger partial charge in [-0.05, 0) is 47.5 Å². The quantitative estimate of drug-likeness (QED) is 0.773. The van der Waals surface area contributed by atoms with Gasteiger partial charge in [0.1, 0.15) is 5.75 Å². The summed E-state index contributed by atoms with van der Waals surface area (Å²) < 4.78 is 5.28. The molecule has 0 saturated heterocycles. The summed E-state index contributed by atoms with van der Waals surface area (Å²) in [6.07, 6.45) is 3.28. The number of hydrogen-bond acceptors (Lipinski definition) is 3. The number of fused-ring (bicyclic) bond motifs is 1. The Labute approximate surface area is 153 Å². The van der Waals surface area contributed by atoms with Gasteiger partial charge in [0.2, 0.25) is 0 Å². The zero-order valence-corrected chi connectivity index (χ0v) is 15.8. The molecular weight excluding hydrogens is 332 g/mol. The van der Waals surface area contributed by atoms with Crippen LogP contribution in [0.5, 0.6) is 5.75 Å². The number of hydrogen-bond donors (Lipinski definition) is 1. The third-order valence-corrected chi connectivity index (χ3v) is 5.80. The summed E-state index contributed by atoms with van der Waals surface area (Å²) in [5.74, 6) is 1.07. The molecule has 1 atom stereocenters. The van der Waals surface area contributed by atoms with Crippen molar-refractivity contribution in [3.8, 4) is 5.75 Å². The number of methoxy groups -OCH3 is 1. The molecule has 1 amide bonds. The topological polar surface area (TPSA) is 46.2 Å². The van der Waals surface area contributed by atoms with E-state index < -0.39 is 0 Å². The Morgan fingerprint density at radius 2 is 2.12 bits per heavy atom. The highest BCUT2D eigenvalue weighted by Crippen LogP contribution is 2.38. The molecule has 1 aromatic carbocycles. The molecule has 1 aromatic heterocycles. The first kappa shape index (κ1) is 18.0. The lowest BCUT2D eigenvalue weighted by molar-refractivity contribution is -0.644. The first-order valence-electron chi connectivity index (χ1n) is 9.06. The summed E-state index contributed by atoms with van der Waals surface area (Å²) in [5, 5.41) is 4.28. The zero-order valence-electron chi connectivity index (χ0n) is 15.0. The van der Waals surface area contributed by atoms with Gasteiger partial charge in [0.25, 0.3) is 5.91 Å². The number of thiophene rings is 1. The lowest BCUT2D eigenvalue weighted by Crippen LogP contribution is -2.86. The normalized spacial score (nSPS) is 16.6. The Morgan fingerprint density at radius 3 is 2.84 bits per heavy atom. The molecule has 25 heavy (non-hydrogen) atoms. The van der Waals surface area contributed by atoms with Crippen LogP contribution >= 0.6 is 11.3 Å². The summed E-state index contributed by atoms with van der Waals surface area (Å²) in [6, 6.07) is 10.3. The van der Waals surface area contributed by atoms with Crippen molar-refractivity contribution in [2.75, 3.05) is 26.7 Å². The molecule has 134 valence electrons. The minimum Gasteiger partial charge on any atom is -0.497 e. The molecule has 0 radical (unpaired) electrons. The molecule has 0 aliphatic carbocycles. The summed E-state index contributed by atoms with van der Waals surface area (Å²) >= 11 is 1.80. The molecule has 0 fully saturated rings. The molecule has 2 N–H and O–H groups in total. The minimum atomic E-state index is 0.0213. The van der Waals surface area contributed by atoms with Gasteiger partial charge in [-0.1, -0.05) is 25.5 Å². The van der Waals surface area contributed by atoms with Crippen LogP contribution < -0.4 is 10.1 Å². The second-order valence-electron chi connectivity index (χ2n) is 6.45. The monoisotopic (exact) mass is 359 g/mol. The first-order valence-corrected chi connectivity index (χ1v) is 9.94. The van der Waals surface area contributed by atoms with Crippen LogP contribution in [-0.2, 0) is 11.2 Å². The molecule has 3 rings (SSSR count). The molecule has 0 saturated carbocycles. The molecule has 2 aromatic rings. The van der Waals surface area contributed by atoms with Gasteiger partial charge in [0.15, 0.2) is 6.54 Å². The van der Waals surface area contributed by atoms with Crippen molar-refractivity contribution in [3.63, 3.8) is 0 Å². The molecule has 0 spiro atoms. The van der Waals surface area contributed by atoms with Crippen LogP contribution in [0.25, 0.3) is 0 Å². The molecule has 0 bridgehead atoms. The molecule has 0 unspecified atom stereocenters. The number of carbonyl (C=O) groups is 1. The number of rotatable bonds is 7. The molecular formula is C20H27N2O2S+. The number of unbranched alkanes of at least 4 members (excludes halogenated alkanes) is 1. The Kier molecular flexibility index (Phi) is 6.10. The number of benzene rings is 1. The maximum Gasteiger partial charge on any atom is 0.278 e. The minimum absolute atomic E-state index is 0.0213. The molecule has 4 nitrogen and oxygen atoms in total. The van der Waals surface area contributed by atoms with E-state index in [-0.39, 0.29) is 11.9 Å². The zero-order chi connectivity index (χ0) is 17.6. The fraction of sp³-hybridized carbons (Fsp3) is 0.450. The van der Waals surface area contributed by atoms with Gasteiger partial charge in [-0.3, -0.25) is 4.79 Å². The standard InChI is InChI=1S/C20H26N2O2S/c1-3-4-11-21-14-19(23)22-12-9-18-17(10-13-25-18)20(22)15-5-7-16(24-2)8-6-15/h5-8,10,13,20-21H,3-4,9,11-12,14H2,1-2H3/p+1/t20-/m1/s1. The van der Waals surface area contributed by atoms with Gasteiger partial charge < -0.3 is 15.0 Å². The van der Waals surface area contributed by atoms with E-state index in [9.17, 15) is 4.79 Å². The fourth-order valence-electron chi connectivity index (χ4n) is 3.42. The van der Waals surface area contributed by atoms with E-state index in [0.29, 0.717) is 6.54 Å². The molecule has 2 heterocycles. The van der Waals surface area contributed by atoms with Gasteiger partial charge in [-0.15, -0.1) is 11.3 Å². The Balaban J connectivity index is 1.82. The highest BCUT2D eigenvalue weighted by Gasteiger charge is 2.33. The van der Waals surface area contributed by atoms with Gasteiger partial charge in [0.05, 0.1) is 19.7 Å². The number of amides is 1. The largest absolute Gasteiger partial charge is 0.497 e. The van der Waals surface area contributed by atoms with Crippen molar-refractivity contribution >= 4 is 17.2 Å². The molecule has 5 heteroatoms. The van der Waals surface area contributed by atoms with Crippen molar-refractivity contribution in [1.82, 2.24) is 4.90 Å². The lowest BCUT2D eigenvalue weighted by Gasteiger charge is -2.36. The van der Waals surface area contributed by atoms with E-state index in [0.717, 1.165) is 37.2 Å². The molecule has 1 aliphatic heterocycles. The van der Waals surface area contributed by atoms with Crippen molar-refractivity contribution < 1.29 is 14.8 Å². The van der Waals surface area contributed by atoms with E-state index in [1.165, 1.54) is 16.9 Å². The van der Waals surface area contributed by atoms with Gasteiger partial charge in [0, 0.05) is 11.4 Å². The summed E-state index contributed by atoms with van der Waals surface area (Å²) in [6.45, 7) is 4.53. The van der Waals surface area contributed by atoms with E-state index in [2.05, 4.69) is 40.7 Å². The van der Waals surface area contributed by atoms with Crippen LogP contribution in [0.2, 0.25) is 0 Å². The van der Waals surface area contributed by atoms with Crippen LogP contribution in [0.15, 0.2) is 35.7 Å². The number of ether oxygens (including phenoxy) is 1. The Hall–Kier alpha value is -1.85. The Morgan fingerprint density at radius 1 is 1.32 bits per heavy atom. The lowest BCUT2D eigenvalue weighted by atomic mass is 9.93. The summed E-state index contributed by atoms with van der Waals surface area (Å²) in [4.78, 5) is 16.3. The summed E-state index contributed by atoms with van der Waals surface area (Å²) in [5.41, 5.74) is 2.44. The van der Waals surface area contributed by atoms with Crippen LogP contribution in [0.1, 0.15) is 41.8 Å². The SMILES string of the molecule is CCCC[NH2+]CC(=O)N1CCc2sccc2[C@H]1c1ccc(OC)cc1. The van der Waals surface area contributed by atoms with Crippen LogP contribution in [0.4, 0.5) is 0 Å². The van der Waals surface area contributed by atoms with Crippen LogP contribution in [0, 0.1) is 0 Å². The van der Waals surface area contributed by atoms with E-state index in [1.807, 2.05) is 12.1 Å². The van der Waals surface area contributed by atoms with Gasteiger partial charge >= 0.3 is 0 Å². The average Bonchev–Trinajstić information content (AvgIpc) is 3.13. The van der Waals surface area contributed by atoms with Gasteiger partial charge in [-0.25, -0.2) is 0 Å². The van der Waals surface area contributed by atoms with E-state index in [4.69, 9.17) is 4.74 Å². The predicted molar refractivity (Wildman–Crippen MR) is 101 cm³/mol. The van der Waals surface area contributed by atoms with E-state index in [1.54, 1.807) is 18.4 Å².